The third kappa shape index (κ3) is 2.96. The molecule has 0 spiro atoms. The number of nitrogens with one attached hydrogen (secondary N) is 1. The molecule has 6 nitrogen and oxygen atoms in total. The summed E-state index contributed by atoms with van der Waals surface area (Å²) in [5.41, 5.74) is -0.532. The molecule has 0 unspecified atom stereocenters. The van der Waals surface area contributed by atoms with Crippen molar-refractivity contribution in [3.05, 3.63) is 53.6 Å². The molecular weight excluding hydrogens is 295 g/mol. The van der Waals surface area contributed by atoms with Crippen LogP contribution in [-0.4, -0.2) is 13.4 Å². The van der Waals surface area contributed by atoms with Gasteiger partial charge in [0.05, 0.1) is 11.3 Å². The van der Waals surface area contributed by atoms with E-state index in [1.165, 1.54) is 24.4 Å². The van der Waals surface area contributed by atoms with E-state index in [0.717, 1.165) is 12.1 Å². The van der Waals surface area contributed by atoms with Crippen LogP contribution in [0.25, 0.3) is 0 Å². The molecule has 21 heavy (non-hydrogen) atoms. The molecular formula is C13H7FN4O2S. The van der Waals surface area contributed by atoms with Crippen molar-refractivity contribution in [3.63, 3.8) is 0 Å². The molecule has 0 aliphatic heterocycles. The average Bonchev–Trinajstić information content (AvgIpc) is 2.49. The summed E-state index contributed by atoms with van der Waals surface area (Å²) in [5, 5.41) is 17.6. The van der Waals surface area contributed by atoms with Crippen molar-refractivity contribution in [1.82, 2.24) is 4.98 Å². The number of rotatable bonds is 3. The Morgan fingerprint density at radius 1 is 1.19 bits per heavy atom. The lowest BCUT2D eigenvalue weighted by Gasteiger charge is -2.09. The highest BCUT2D eigenvalue weighted by molar-refractivity contribution is 7.92. The van der Waals surface area contributed by atoms with Gasteiger partial charge in [0.1, 0.15) is 22.9 Å². The molecule has 0 amide bonds. The lowest BCUT2D eigenvalue weighted by Crippen LogP contribution is -2.15. The van der Waals surface area contributed by atoms with Crippen molar-refractivity contribution in [2.45, 2.75) is 4.90 Å². The molecule has 1 N–H and O–H groups in total. The van der Waals surface area contributed by atoms with E-state index in [1.54, 1.807) is 12.1 Å². The number of hydrogen-bond acceptors (Lipinski definition) is 5. The molecule has 0 bridgehead atoms. The third-order valence-corrected chi connectivity index (χ3v) is 3.92. The summed E-state index contributed by atoms with van der Waals surface area (Å²) in [6.45, 7) is 0. The standard InChI is InChI=1S/C13H7FN4O2S/c14-11-4-3-10(6-9(11)7-15)18-21(19,20)13-2-1-5-17-12(13)8-16/h1-6,18H. The van der Waals surface area contributed by atoms with Gasteiger partial charge in [-0.15, -0.1) is 0 Å². The molecule has 2 aromatic rings. The smallest absolute Gasteiger partial charge is 0.264 e. The van der Waals surface area contributed by atoms with E-state index in [-0.39, 0.29) is 21.8 Å². The monoisotopic (exact) mass is 302 g/mol. The van der Waals surface area contributed by atoms with Gasteiger partial charge in [0.25, 0.3) is 10.0 Å². The molecule has 0 aliphatic carbocycles. The molecule has 8 heteroatoms. The second-order valence-corrected chi connectivity index (χ2v) is 5.52. The van der Waals surface area contributed by atoms with Crippen LogP contribution >= 0.6 is 0 Å². The Bertz CT molecular complexity index is 882. The summed E-state index contributed by atoms with van der Waals surface area (Å²) >= 11 is 0. The molecule has 104 valence electrons. The fraction of sp³-hybridized carbons (Fsp3) is 0. The molecule has 1 heterocycles. The number of benzene rings is 1. The minimum Gasteiger partial charge on any atom is -0.279 e. The van der Waals surface area contributed by atoms with Gasteiger partial charge in [-0.2, -0.15) is 10.5 Å². The van der Waals surface area contributed by atoms with Crippen LogP contribution in [0.15, 0.2) is 41.4 Å². The number of nitrogens with zero attached hydrogens (tertiary/aromatic N) is 3. The highest BCUT2D eigenvalue weighted by Gasteiger charge is 2.19. The van der Waals surface area contributed by atoms with Crippen molar-refractivity contribution >= 4 is 15.7 Å². The number of hydrogen-bond donors (Lipinski definition) is 1. The van der Waals surface area contributed by atoms with Gasteiger partial charge in [-0.1, -0.05) is 0 Å². The zero-order valence-corrected chi connectivity index (χ0v) is 11.2. The van der Waals surface area contributed by atoms with E-state index in [4.69, 9.17) is 10.5 Å². The number of halogens is 1. The van der Waals surface area contributed by atoms with Crippen molar-refractivity contribution in [2.24, 2.45) is 0 Å². The predicted octanol–water partition coefficient (Wildman–Crippen LogP) is 1.76. The van der Waals surface area contributed by atoms with Gasteiger partial charge < -0.3 is 0 Å². The minimum absolute atomic E-state index is 0.0145. The van der Waals surface area contributed by atoms with Crippen LogP contribution in [0, 0.1) is 28.5 Å². The van der Waals surface area contributed by atoms with E-state index in [2.05, 4.69) is 9.71 Å². The number of pyridine rings is 1. The first-order valence-electron chi connectivity index (χ1n) is 5.55. The third-order valence-electron chi connectivity index (χ3n) is 2.51. The molecule has 1 aromatic heterocycles. The molecule has 0 saturated carbocycles. The second kappa shape index (κ2) is 5.57. The molecule has 0 atom stereocenters. The van der Waals surface area contributed by atoms with Gasteiger partial charge >= 0.3 is 0 Å². The highest BCUT2D eigenvalue weighted by atomic mass is 32.2. The van der Waals surface area contributed by atoms with Crippen LogP contribution in [0.4, 0.5) is 10.1 Å². The van der Waals surface area contributed by atoms with Crippen LogP contribution in [-0.2, 0) is 10.0 Å². The van der Waals surface area contributed by atoms with Gasteiger partial charge in [-0.05, 0) is 30.3 Å². The molecule has 0 radical (unpaired) electrons. The summed E-state index contributed by atoms with van der Waals surface area (Å²) in [6, 6.07) is 9.10. The van der Waals surface area contributed by atoms with Crippen LogP contribution in [0.5, 0.6) is 0 Å². The summed E-state index contributed by atoms with van der Waals surface area (Å²) in [5.74, 6) is -0.750. The van der Waals surface area contributed by atoms with Crippen LogP contribution in [0.3, 0.4) is 0 Å². The van der Waals surface area contributed by atoms with E-state index < -0.39 is 15.8 Å². The van der Waals surface area contributed by atoms with E-state index >= 15 is 0 Å². The molecule has 0 aliphatic rings. The van der Waals surface area contributed by atoms with Crippen LogP contribution in [0.2, 0.25) is 0 Å². The van der Waals surface area contributed by atoms with Crippen molar-refractivity contribution < 1.29 is 12.8 Å². The van der Waals surface area contributed by atoms with Gasteiger partial charge in [-0.25, -0.2) is 17.8 Å². The Kier molecular flexibility index (Phi) is 3.83. The van der Waals surface area contributed by atoms with Crippen molar-refractivity contribution in [1.29, 1.82) is 10.5 Å². The summed E-state index contributed by atoms with van der Waals surface area (Å²) in [4.78, 5) is 3.36. The van der Waals surface area contributed by atoms with E-state index in [1.807, 2.05) is 0 Å². The minimum atomic E-state index is -4.06. The zero-order chi connectivity index (χ0) is 15.5. The van der Waals surface area contributed by atoms with Gasteiger partial charge in [0.2, 0.25) is 0 Å². The fourth-order valence-electron chi connectivity index (χ4n) is 1.58. The molecule has 0 saturated heterocycles. The second-order valence-electron chi connectivity index (χ2n) is 3.87. The van der Waals surface area contributed by atoms with Crippen molar-refractivity contribution in [3.8, 4) is 12.1 Å². The predicted molar refractivity (Wildman–Crippen MR) is 70.9 cm³/mol. The number of aromatic nitrogens is 1. The Morgan fingerprint density at radius 3 is 2.62 bits per heavy atom. The van der Waals surface area contributed by atoms with Crippen molar-refractivity contribution in [2.75, 3.05) is 4.72 Å². The maximum absolute atomic E-state index is 13.2. The van der Waals surface area contributed by atoms with Crippen LogP contribution in [0.1, 0.15) is 11.3 Å². The van der Waals surface area contributed by atoms with Crippen LogP contribution < -0.4 is 4.72 Å². The average molecular weight is 302 g/mol. The summed E-state index contributed by atoms with van der Waals surface area (Å²) in [6.07, 6.45) is 1.29. The lowest BCUT2D eigenvalue weighted by atomic mass is 10.2. The van der Waals surface area contributed by atoms with Gasteiger partial charge in [-0.3, -0.25) is 4.72 Å². The Labute approximate surface area is 120 Å². The summed E-state index contributed by atoms with van der Waals surface area (Å²) < 4.78 is 39.7. The number of nitriles is 2. The molecule has 1 aromatic carbocycles. The Balaban J connectivity index is 2.43. The quantitative estimate of drug-likeness (QED) is 0.929. The normalized spacial score (nSPS) is 10.4. The fourth-order valence-corrected chi connectivity index (χ4v) is 2.73. The van der Waals surface area contributed by atoms with E-state index in [0.29, 0.717) is 0 Å². The van der Waals surface area contributed by atoms with E-state index in [9.17, 15) is 12.8 Å². The zero-order valence-electron chi connectivity index (χ0n) is 10.4. The van der Waals surface area contributed by atoms with Gasteiger partial charge in [0.15, 0.2) is 5.69 Å². The molecule has 0 fully saturated rings. The largest absolute Gasteiger partial charge is 0.279 e. The maximum Gasteiger partial charge on any atom is 0.264 e. The van der Waals surface area contributed by atoms with Gasteiger partial charge in [0, 0.05) is 6.20 Å². The maximum atomic E-state index is 13.2. The topological polar surface area (TPSA) is 107 Å². The highest BCUT2D eigenvalue weighted by Crippen LogP contribution is 2.20. The number of anilines is 1. The molecule has 2 rings (SSSR count). The SMILES string of the molecule is N#Cc1cc(NS(=O)(=O)c2cccnc2C#N)ccc1F. The first-order chi connectivity index (χ1) is 9.97. The number of sulfonamides is 1. The Hall–Kier alpha value is -2.97. The first-order valence-corrected chi connectivity index (χ1v) is 7.04. The Morgan fingerprint density at radius 2 is 1.95 bits per heavy atom. The summed E-state index contributed by atoms with van der Waals surface area (Å²) in [7, 11) is -4.06. The first kappa shape index (κ1) is 14.4. The lowest BCUT2D eigenvalue weighted by molar-refractivity contribution is 0.600.